The molecule has 0 heterocycles. The van der Waals surface area contributed by atoms with Crippen molar-refractivity contribution in [1.29, 1.82) is 0 Å². The number of fused-ring (bicyclic) bond motifs is 7. The summed E-state index contributed by atoms with van der Waals surface area (Å²) in [4.78, 5) is 12.2. The first kappa shape index (κ1) is 25.7. The average molecular weight is 489 g/mol. The van der Waals surface area contributed by atoms with Crippen LogP contribution in [0, 0.1) is 50.2 Å². The Morgan fingerprint density at radius 3 is 2.23 bits per heavy atom. The van der Waals surface area contributed by atoms with Crippen LogP contribution in [0.3, 0.4) is 0 Å². The van der Waals surface area contributed by atoms with E-state index in [9.17, 15) is 25.2 Å². The molecule has 0 aromatic heterocycles. The van der Waals surface area contributed by atoms with Crippen molar-refractivity contribution >= 4 is 5.97 Å². The van der Waals surface area contributed by atoms with Gasteiger partial charge in [0.1, 0.15) is 0 Å². The summed E-state index contributed by atoms with van der Waals surface area (Å²) in [6.45, 7) is 13.4. The fourth-order valence-electron chi connectivity index (χ4n) is 10.5. The van der Waals surface area contributed by atoms with Gasteiger partial charge in [0.2, 0.25) is 0 Å². The summed E-state index contributed by atoms with van der Waals surface area (Å²) < 4.78 is 0. The first-order valence-electron chi connectivity index (χ1n) is 14.0. The Balaban J connectivity index is 1.59. The van der Waals surface area contributed by atoms with Crippen LogP contribution in [0.25, 0.3) is 0 Å². The molecule has 5 rings (SSSR count). The lowest BCUT2D eigenvalue weighted by molar-refractivity contribution is -0.253. The number of rotatable bonds is 2. The molecule has 198 valence electrons. The van der Waals surface area contributed by atoms with Crippen molar-refractivity contribution in [3.05, 3.63) is 11.6 Å². The van der Waals surface area contributed by atoms with Crippen molar-refractivity contribution in [2.75, 3.05) is 6.61 Å². The molecule has 5 aliphatic rings. The number of aliphatic carboxylic acids is 1. The van der Waals surface area contributed by atoms with Gasteiger partial charge in [-0.2, -0.15) is 0 Å². The highest BCUT2D eigenvalue weighted by atomic mass is 16.4. The van der Waals surface area contributed by atoms with Crippen molar-refractivity contribution in [3.63, 3.8) is 0 Å². The van der Waals surface area contributed by atoms with Crippen LogP contribution in [-0.4, -0.2) is 45.2 Å². The van der Waals surface area contributed by atoms with Gasteiger partial charge in [0.05, 0.1) is 24.2 Å². The number of hydrogen-bond acceptors (Lipinski definition) is 4. The van der Waals surface area contributed by atoms with Gasteiger partial charge in [0.25, 0.3) is 0 Å². The van der Waals surface area contributed by atoms with E-state index in [0.29, 0.717) is 12.3 Å². The fraction of sp³-hybridized carbons (Fsp3) is 0.900. The number of allylic oxidation sites excluding steroid dienone is 2. The van der Waals surface area contributed by atoms with Crippen molar-refractivity contribution in [3.8, 4) is 0 Å². The number of hydrogen-bond donors (Lipinski definition) is 4. The second kappa shape index (κ2) is 7.57. The standard InChI is InChI=1S/C30H48O5/c1-25-11-12-26(2,24(34)35)16-19(25)18-7-8-21-29(5,28(18,4)14-13-25)10-9-20-27(3,17-31)22(32)15-23(33)30(20,21)6/h7,19-23,31-33H,8-17H2,1-6H3,(H,34,35)/t19-,20-,21-,22-,23-,25+,26+,27-,28+,29+,30-/m0/s1. The minimum absolute atomic E-state index is 0.0135. The number of carboxylic acid groups (broad SMARTS) is 1. The first-order valence-corrected chi connectivity index (χ1v) is 14.0. The molecule has 4 saturated carbocycles. The van der Waals surface area contributed by atoms with Crippen molar-refractivity contribution in [1.82, 2.24) is 0 Å². The number of carbonyl (C=O) groups is 1. The van der Waals surface area contributed by atoms with Gasteiger partial charge in [-0.3, -0.25) is 4.79 Å². The van der Waals surface area contributed by atoms with E-state index in [1.165, 1.54) is 5.57 Å². The van der Waals surface area contributed by atoms with Crippen LogP contribution < -0.4 is 0 Å². The lowest BCUT2D eigenvalue weighted by Gasteiger charge is -2.72. The van der Waals surface area contributed by atoms with Gasteiger partial charge in [0.15, 0.2) is 0 Å². The van der Waals surface area contributed by atoms with Gasteiger partial charge in [-0.15, -0.1) is 0 Å². The van der Waals surface area contributed by atoms with E-state index in [1.807, 2.05) is 13.8 Å². The largest absolute Gasteiger partial charge is 0.481 e. The van der Waals surface area contributed by atoms with Crippen molar-refractivity contribution < 1.29 is 25.2 Å². The Morgan fingerprint density at radius 2 is 1.60 bits per heavy atom. The maximum atomic E-state index is 12.2. The molecule has 4 fully saturated rings. The normalized spacial score (nSPS) is 57.7. The predicted octanol–water partition coefficient (Wildman–Crippen LogP) is 5.18. The number of aliphatic hydroxyl groups is 3. The predicted molar refractivity (Wildman–Crippen MR) is 135 cm³/mol. The summed E-state index contributed by atoms with van der Waals surface area (Å²) in [6, 6.07) is 0. The summed E-state index contributed by atoms with van der Waals surface area (Å²) in [5, 5.41) is 42.9. The van der Waals surface area contributed by atoms with Crippen LogP contribution in [0.1, 0.15) is 99.3 Å². The maximum Gasteiger partial charge on any atom is 0.309 e. The van der Waals surface area contributed by atoms with Gasteiger partial charge in [-0.25, -0.2) is 0 Å². The van der Waals surface area contributed by atoms with E-state index in [2.05, 4.69) is 33.8 Å². The van der Waals surface area contributed by atoms with Crippen LogP contribution in [-0.2, 0) is 4.79 Å². The Hall–Kier alpha value is -0.910. The first-order chi connectivity index (χ1) is 16.1. The van der Waals surface area contributed by atoms with Gasteiger partial charge >= 0.3 is 5.97 Å². The SMILES string of the molecule is C[C@@]1(C(=O)O)CC[C@]2(C)CC[C@]3(C)C(=CC[C@@H]4[C@@]5(C)[C@@H](O)C[C@H](O)[C@@](C)(CO)[C@@H]5CC[C@]43C)[C@@H]2C1. The van der Waals surface area contributed by atoms with Crippen LogP contribution >= 0.6 is 0 Å². The molecule has 0 saturated heterocycles. The quantitative estimate of drug-likeness (QED) is 0.402. The lowest BCUT2D eigenvalue weighted by atomic mass is 9.33. The third-order valence-corrected chi connectivity index (χ3v) is 13.6. The van der Waals surface area contributed by atoms with Crippen molar-refractivity contribution in [2.24, 2.45) is 50.2 Å². The highest BCUT2D eigenvalue weighted by molar-refractivity contribution is 5.74. The van der Waals surface area contributed by atoms with Gasteiger partial charge in [-0.1, -0.05) is 46.3 Å². The van der Waals surface area contributed by atoms with Gasteiger partial charge < -0.3 is 20.4 Å². The summed E-state index contributed by atoms with van der Waals surface area (Å²) in [6.07, 6.45) is 8.98. The molecule has 0 radical (unpaired) electrons. The third kappa shape index (κ3) is 3.01. The van der Waals surface area contributed by atoms with Gasteiger partial charge in [-0.05, 0) is 92.3 Å². The molecular weight excluding hydrogens is 440 g/mol. The molecule has 0 amide bonds. The molecule has 5 heteroatoms. The summed E-state index contributed by atoms with van der Waals surface area (Å²) in [7, 11) is 0. The number of carboxylic acids is 1. The Kier molecular flexibility index (Phi) is 5.56. The topological polar surface area (TPSA) is 98.0 Å². The molecule has 4 N–H and O–H groups in total. The smallest absolute Gasteiger partial charge is 0.309 e. The zero-order valence-electron chi connectivity index (χ0n) is 22.7. The third-order valence-electron chi connectivity index (χ3n) is 13.6. The summed E-state index contributed by atoms with van der Waals surface area (Å²) >= 11 is 0. The lowest BCUT2D eigenvalue weighted by Crippen LogP contribution is -2.69. The van der Waals surface area contributed by atoms with Crippen molar-refractivity contribution in [2.45, 2.75) is 112 Å². The minimum Gasteiger partial charge on any atom is -0.481 e. The molecule has 0 aromatic carbocycles. The van der Waals surface area contributed by atoms with Gasteiger partial charge in [0, 0.05) is 17.3 Å². The molecule has 35 heavy (non-hydrogen) atoms. The molecule has 5 nitrogen and oxygen atoms in total. The molecule has 5 aliphatic carbocycles. The summed E-state index contributed by atoms with van der Waals surface area (Å²) in [5.41, 5.74) is -0.0288. The monoisotopic (exact) mass is 488 g/mol. The van der Waals surface area contributed by atoms with E-state index in [4.69, 9.17) is 0 Å². The molecule has 0 bridgehead atoms. The second-order valence-corrected chi connectivity index (χ2v) is 14.9. The molecule has 0 unspecified atom stereocenters. The zero-order chi connectivity index (χ0) is 25.8. The molecule has 0 aliphatic heterocycles. The molecule has 0 aromatic rings. The van der Waals surface area contributed by atoms with E-state index in [0.717, 1.165) is 51.4 Å². The van der Waals surface area contributed by atoms with E-state index in [-0.39, 0.29) is 40.1 Å². The molecule has 0 spiro atoms. The minimum atomic E-state index is -0.693. The highest BCUT2D eigenvalue weighted by Crippen LogP contribution is 2.75. The Labute approximate surface area is 211 Å². The van der Waals surface area contributed by atoms with Crippen LogP contribution in [0.2, 0.25) is 0 Å². The Bertz CT molecular complexity index is 945. The molecular formula is C30H48O5. The second-order valence-electron chi connectivity index (χ2n) is 14.9. The maximum absolute atomic E-state index is 12.2. The van der Waals surface area contributed by atoms with E-state index < -0.39 is 29.0 Å². The van der Waals surface area contributed by atoms with Crippen LogP contribution in [0.15, 0.2) is 11.6 Å². The van der Waals surface area contributed by atoms with E-state index in [1.54, 1.807) is 0 Å². The highest BCUT2D eigenvalue weighted by Gasteiger charge is 2.70. The molecule has 11 atom stereocenters. The van der Waals surface area contributed by atoms with Crippen LogP contribution in [0.5, 0.6) is 0 Å². The van der Waals surface area contributed by atoms with Crippen LogP contribution in [0.4, 0.5) is 0 Å². The fourth-order valence-corrected chi connectivity index (χ4v) is 10.5. The zero-order valence-corrected chi connectivity index (χ0v) is 22.7. The Morgan fingerprint density at radius 1 is 0.943 bits per heavy atom. The number of aliphatic hydroxyl groups excluding tert-OH is 3. The van der Waals surface area contributed by atoms with E-state index >= 15 is 0 Å². The average Bonchev–Trinajstić information content (AvgIpc) is 2.79. The summed E-state index contributed by atoms with van der Waals surface area (Å²) in [5.74, 6) is -0.0448.